The number of carbonyl (C=O) groups is 1. The van der Waals surface area contributed by atoms with E-state index in [0.29, 0.717) is 12.5 Å². The zero-order valence-electron chi connectivity index (χ0n) is 17.0. The Labute approximate surface area is 167 Å². The molecule has 6 nitrogen and oxygen atoms in total. The second-order valence-electron chi connectivity index (χ2n) is 8.43. The zero-order chi connectivity index (χ0) is 19.5. The number of nitrogens with zero attached hydrogens (tertiary/aromatic N) is 1. The number of carbonyl (C=O) groups excluding carboxylic acids is 1. The van der Waals surface area contributed by atoms with E-state index in [1.165, 1.54) is 16.5 Å². The highest BCUT2D eigenvalue weighted by Crippen LogP contribution is 2.34. The molecular weight excluding hydrogens is 352 g/mol. The van der Waals surface area contributed by atoms with E-state index in [-0.39, 0.29) is 18.0 Å². The van der Waals surface area contributed by atoms with Crippen molar-refractivity contribution in [2.45, 2.75) is 38.8 Å². The van der Waals surface area contributed by atoms with E-state index >= 15 is 0 Å². The van der Waals surface area contributed by atoms with E-state index in [2.05, 4.69) is 58.8 Å². The van der Waals surface area contributed by atoms with E-state index in [0.717, 1.165) is 51.2 Å². The van der Waals surface area contributed by atoms with E-state index in [1.807, 2.05) is 0 Å². The molecule has 28 heavy (non-hydrogen) atoms. The third kappa shape index (κ3) is 4.24. The summed E-state index contributed by atoms with van der Waals surface area (Å²) in [5.41, 5.74) is 3.71. The fourth-order valence-corrected chi connectivity index (χ4v) is 4.47. The molecule has 1 aromatic heterocycles. The summed E-state index contributed by atoms with van der Waals surface area (Å²) < 4.78 is 5.39. The first kappa shape index (κ1) is 19.4. The van der Waals surface area contributed by atoms with Gasteiger partial charge in [-0.3, -0.25) is 15.0 Å². The topological polar surface area (TPSA) is 69.4 Å². The van der Waals surface area contributed by atoms with E-state index in [9.17, 15) is 4.79 Å². The normalized spacial score (nSPS) is 23.1. The van der Waals surface area contributed by atoms with Gasteiger partial charge in [0.2, 0.25) is 5.91 Å². The van der Waals surface area contributed by atoms with Gasteiger partial charge >= 0.3 is 0 Å². The van der Waals surface area contributed by atoms with Crippen LogP contribution in [0.5, 0.6) is 0 Å². The molecule has 2 aromatic rings. The van der Waals surface area contributed by atoms with Crippen molar-refractivity contribution < 1.29 is 9.53 Å². The lowest BCUT2D eigenvalue weighted by Gasteiger charge is -2.27. The lowest BCUT2D eigenvalue weighted by atomic mass is 9.94. The predicted molar refractivity (Wildman–Crippen MR) is 111 cm³/mol. The molecule has 2 aliphatic rings. The van der Waals surface area contributed by atoms with Crippen molar-refractivity contribution in [2.75, 3.05) is 39.4 Å². The minimum absolute atomic E-state index is 0.101. The van der Waals surface area contributed by atoms with Gasteiger partial charge in [-0.15, -0.1) is 0 Å². The number of morpholine rings is 1. The Bertz CT molecular complexity index is 810. The van der Waals surface area contributed by atoms with Gasteiger partial charge in [0.25, 0.3) is 0 Å². The Morgan fingerprint density at radius 2 is 2.14 bits per heavy atom. The molecule has 1 fully saturated rings. The lowest BCUT2D eigenvalue weighted by Crippen LogP contribution is -2.48. The van der Waals surface area contributed by atoms with Gasteiger partial charge in [-0.05, 0) is 36.0 Å². The largest absolute Gasteiger partial charge is 0.379 e. The van der Waals surface area contributed by atoms with Crippen LogP contribution in [0.1, 0.15) is 37.4 Å². The van der Waals surface area contributed by atoms with Crippen LogP contribution in [0.2, 0.25) is 0 Å². The molecule has 0 unspecified atom stereocenters. The SMILES string of the molecule is CC(C)C[C@@H]1N[C@H](C(=O)NCCN2CCOCC2)Cc2c[nH]c3cccc1c23. The minimum Gasteiger partial charge on any atom is -0.379 e. The zero-order valence-corrected chi connectivity index (χ0v) is 17.0. The molecule has 0 saturated carbocycles. The summed E-state index contributed by atoms with van der Waals surface area (Å²) in [6, 6.07) is 6.42. The Kier molecular flexibility index (Phi) is 5.99. The molecular formula is C22H32N4O2. The number of benzene rings is 1. The van der Waals surface area contributed by atoms with E-state index in [4.69, 9.17) is 4.74 Å². The van der Waals surface area contributed by atoms with Gasteiger partial charge < -0.3 is 15.0 Å². The molecule has 2 atom stereocenters. The third-order valence-electron chi connectivity index (χ3n) is 5.88. The molecule has 1 aromatic carbocycles. The Morgan fingerprint density at radius 1 is 1.32 bits per heavy atom. The Hall–Kier alpha value is -1.89. The summed E-state index contributed by atoms with van der Waals surface area (Å²) in [6.07, 6.45) is 3.80. The van der Waals surface area contributed by atoms with Gasteiger partial charge in [-0.2, -0.15) is 0 Å². The monoisotopic (exact) mass is 384 g/mol. The number of hydrogen-bond donors (Lipinski definition) is 3. The summed E-state index contributed by atoms with van der Waals surface area (Å²) in [4.78, 5) is 18.7. The molecule has 3 heterocycles. The molecule has 2 aliphatic heterocycles. The number of H-pyrrole nitrogens is 1. The van der Waals surface area contributed by atoms with Gasteiger partial charge in [-0.1, -0.05) is 26.0 Å². The van der Waals surface area contributed by atoms with Crippen LogP contribution in [0, 0.1) is 5.92 Å². The second-order valence-corrected chi connectivity index (χ2v) is 8.43. The molecule has 6 heteroatoms. The third-order valence-corrected chi connectivity index (χ3v) is 5.88. The van der Waals surface area contributed by atoms with Crippen molar-refractivity contribution in [3.63, 3.8) is 0 Å². The molecule has 152 valence electrons. The molecule has 0 spiro atoms. The van der Waals surface area contributed by atoms with Crippen molar-refractivity contribution in [3.05, 3.63) is 35.5 Å². The van der Waals surface area contributed by atoms with Crippen LogP contribution >= 0.6 is 0 Å². The first-order valence-corrected chi connectivity index (χ1v) is 10.5. The molecule has 0 radical (unpaired) electrons. The van der Waals surface area contributed by atoms with Crippen LogP contribution in [-0.2, 0) is 16.0 Å². The highest BCUT2D eigenvalue weighted by Gasteiger charge is 2.30. The van der Waals surface area contributed by atoms with Crippen LogP contribution in [0.15, 0.2) is 24.4 Å². The van der Waals surface area contributed by atoms with Gasteiger partial charge in [0.1, 0.15) is 0 Å². The highest BCUT2D eigenvalue weighted by molar-refractivity contribution is 5.90. The molecule has 3 N–H and O–H groups in total. The average Bonchev–Trinajstić information content (AvgIpc) is 3.02. The summed E-state index contributed by atoms with van der Waals surface area (Å²) >= 11 is 0. The second kappa shape index (κ2) is 8.64. The Balaban J connectivity index is 1.46. The van der Waals surface area contributed by atoms with Crippen molar-refractivity contribution in [1.82, 2.24) is 20.5 Å². The van der Waals surface area contributed by atoms with Crippen LogP contribution in [0.4, 0.5) is 0 Å². The number of amides is 1. The maximum absolute atomic E-state index is 13.0. The summed E-state index contributed by atoms with van der Waals surface area (Å²) in [7, 11) is 0. The van der Waals surface area contributed by atoms with Crippen LogP contribution < -0.4 is 10.6 Å². The van der Waals surface area contributed by atoms with Gasteiger partial charge in [0, 0.05) is 49.3 Å². The number of aromatic amines is 1. The number of nitrogens with one attached hydrogen (secondary N) is 3. The number of ether oxygens (including phenoxy) is 1. The fourth-order valence-electron chi connectivity index (χ4n) is 4.47. The molecule has 1 amide bonds. The first-order valence-electron chi connectivity index (χ1n) is 10.5. The highest BCUT2D eigenvalue weighted by atomic mass is 16.5. The Morgan fingerprint density at radius 3 is 2.93 bits per heavy atom. The van der Waals surface area contributed by atoms with Crippen LogP contribution in [-0.4, -0.2) is 61.2 Å². The summed E-state index contributed by atoms with van der Waals surface area (Å²) in [5, 5.41) is 8.12. The quantitative estimate of drug-likeness (QED) is 0.714. The van der Waals surface area contributed by atoms with Crippen molar-refractivity contribution in [1.29, 1.82) is 0 Å². The lowest BCUT2D eigenvalue weighted by molar-refractivity contribution is -0.123. The van der Waals surface area contributed by atoms with Crippen molar-refractivity contribution >= 4 is 16.8 Å². The minimum atomic E-state index is -0.208. The van der Waals surface area contributed by atoms with Crippen LogP contribution in [0.25, 0.3) is 10.9 Å². The first-order chi connectivity index (χ1) is 13.6. The van der Waals surface area contributed by atoms with Gasteiger partial charge in [0.15, 0.2) is 0 Å². The molecule has 0 aliphatic carbocycles. The fraction of sp³-hybridized carbons (Fsp3) is 0.591. The van der Waals surface area contributed by atoms with Crippen molar-refractivity contribution in [3.8, 4) is 0 Å². The van der Waals surface area contributed by atoms with Gasteiger partial charge in [0.05, 0.1) is 19.3 Å². The van der Waals surface area contributed by atoms with E-state index in [1.54, 1.807) is 0 Å². The molecule has 0 bridgehead atoms. The summed E-state index contributed by atoms with van der Waals surface area (Å²) in [5.74, 6) is 0.655. The number of hydrogen-bond acceptors (Lipinski definition) is 4. The standard InChI is InChI=1S/C22H32N4O2/c1-15(2)12-19-17-4-3-5-18-21(17)16(14-24-18)13-20(25-19)22(27)23-6-7-26-8-10-28-11-9-26/h3-5,14-15,19-20,24-25H,6-13H2,1-2H3,(H,23,27)/t19-,20-/m0/s1. The average molecular weight is 385 g/mol. The molecule has 1 saturated heterocycles. The smallest absolute Gasteiger partial charge is 0.237 e. The maximum Gasteiger partial charge on any atom is 0.237 e. The van der Waals surface area contributed by atoms with Crippen molar-refractivity contribution in [2.24, 2.45) is 5.92 Å². The predicted octanol–water partition coefficient (Wildman–Crippen LogP) is 2.22. The molecule has 4 rings (SSSR count). The number of rotatable bonds is 6. The van der Waals surface area contributed by atoms with Gasteiger partial charge in [-0.25, -0.2) is 0 Å². The van der Waals surface area contributed by atoms with Crippen LogP contribution in [0.3, 0.4) is 0 Å². The number of aromatic nitrogens is 1. The van der Waals surface area contributed by atoms with E-state index < -0.39 is 0 Å². The maximum atomic E-state index is 13.0. The summed E-state index contributed by atoms with van der Waals surface area (Å²) in [6.45, 7) is 9.51.